The van der Waals surface area contributed by atoms with Crippen molar-refractivity contribution in [2.45, 2.75) is 0 Å². The fourth-order valence-corrected chi connectivity index (χ4v) is 2.97. The van der Waals surface area contributed by atoms with Gasteiger partial charge < -0.3 is 0 Å². The van der Waals surface area contributed by atoms with E-state index in [2.05, 4.69) is 103 Å². The number of hydrogen-bond acceptors (Lipinski definition) is 21. The van der Waals surface area contributed by atoms with Crippen LogP contribution in [0.5, 0.6) is 0 Å². The maximum Gasteiger partial charge on any atom is 0.252 e. The molecule has 0 aliphatic heterocycles. The van der Waals surface area contributed by atoms with Crippen molar-refractivity contribution in [3.8, 4) is 6.07 Å². The van der Waals surface area contributed by atoms with Gasteiger partial charge in [0, 0.05) is 75.8 Å². The topological polar surface area (TPSA) is 326 Å². The molecular weight excluding hydrogens is 841 g/mol. The van der Waals surface area contributed by atoms with Gasteiger partial charge in [-0.05, 0) is 20.9 Å². The summed E-state index contributed by atoms with van der Waals surface area (Å²) < 4.78 is 37.0. The van der Waals surface area contributed by atoms with Crippen LogP contribution in [-0.4, -0.2) is 145 Å². The molecule has 0 fully saturated rings. The minimum absolute atomic E-state index is 0.354. The molecule has 0 aliphatic rings. The summed E-state index contributed by atoms with van der Waals surface area (Å²) in [6.07, 6.45) is 17.1. The number of rotatable bonds is 0. The lowest BCUT2D eigenvalue weighted by atomic mass is 10.5. The van der Waals surface area contributed by atoms with Gasteiger partial charge in [-0.25, -0.2) is 9.36 Å². The highest BCUT2D eigenvalue weighted by Crippen LogP contribution is 1.97. The normalized spacial score (nSPS) is 9.07. The highest BCUT2D eigenvalue weighted by Gasteiger charge is 1.91. The van der Waals surface area contributed by atoms with E-state index in [0.29, 0.717) is 16.0 Å². The third-order valence-electron chi connectivity index (χ3n) is 5.00. The van der Waals surface area contributed by atoms with E-state index < -0.39 is 11.9 Å². The van der Waals surface area contributed by atoms with E-state index in [-0.39, 0.29) is 0 Å². The van der Waals surface area contributed by atoms with E-state index in [4.69, 9.17) is 28.5 Å². The molecule has 0 saturated carbocycles. The Morgan fingerprint density at radius 3 is 0.900 bits per heavy atom. The number of hydrogen-bond donors (Lipinski definition) is 0. The van der Waals surface area contributed by atoms with Gasteiger partial charge in [0.2, 0.25) is 0 Å². The fraction of sp³-hybridized carbons (Fsp3) is 0.346. The first kappa shape index (κ1) is 50.1. The lowest BCUT2D eigenvalue weighted by molar-refractivity contribution is 0.578. The number of nitrogens with zero attached hydrogens (tertiary/aromatic N) is 30. The predicted molar refractivity (Wildman–Crippen MR) is 199 cm³/mol. The molecular formula is C26H38Cl2F2N30. The van der Waals surface area contributed by atoms with E-state index in [1.54, 1.807) is 111 Å². The van der Waals surface area contributed by atoms with Crippen LogP contribution in [0.2, 0.25) is 10.3 Å². The van der Waals surface area contributed by atoms with Crippen LogP contribution < -0.4 is 0 Å². The summed E-state index contributed by atoms with van der Waals surface area (Å²) in [4.78, 5) is 0. The molecule has 0 aromatic carbocycles. The second-order valence-electron chi connectivity index (χ2n) is 10.4. The summed E-state index contributed by atoms with van der Waals surface area (Å²) in [5.41, 5.74) is 0.354. The Balaban J connectivity index is 0.000000338. The predicted octanol–water partition coefficient (Wildman–Crippen LogP) is -1.42. The molecule has 34 heteroatoms. The largest absolute Gasteiger partial charge is 0.256 e. The van der Waals surface area contributed by atoms with Crippen LogP contribution in [0.4, 0.5) is 8.78 Å². The minimum Gasteiger partial charge on any atom is -0.256 e. The molecule has 60 heavy (non-hydrogen) atoms. The van der Waals surface area contributed by atoms with E-state index in [0.717, 1.165) is 0 Å². The Bertz CT molecular complexity index is 2000. The number of nitriles is 1. The molecule has 0 radical (unpaired) electrons. The van der Waals surface area contributed by atoms with Gasteiger partial charge in [0.05, 0.1) is 43.4 Å². The van der Waals surface area contributed by atoms with Crippen molar-refractivity contribution in [3.63, 3.8) is 0 Å². The molecule has 0 aliphatic carbocycles. The summed E-state index contributed by atoms with van der Waals surface area (Å²) >= 11 is 10.7. The van der Waals surface area contributed by atoms with Gasteiger partial charge >= 0.3 is 0 Å². The Kier molecular flexibility index (Phi) is 24.5. The summed E-state index contributed by atoms with van der Waals surface area (Å²) in [6.45, 7) is 0. The fourth-order valence-electron chi connectivity index (χ4n) is 2.62. The first-order valence-corrected chi connectivity index (χ1v) is 16.6. The van der Waals surface area contributed by atoms with Gasteiger partial charge in [0.15, 0.2) is 16.0 Å². The first-order chi connectivity index (χ1) is 28.6. The van der Waals surface area contributed by atoms with Gasteiger partial charge in [0.1, 0.15) is 18.7 Å². The Morgan fingerprint density at radius 1 is 0.433 bits per heavy atom. The van der Waals surface area contributed by atoms with Crippen LogP contribution in [0, 0.1) is 23.2 Å². The van der Waals surface area contributed by atoms with Crippen LogP contribution in [0.25, 0.3) is 0 Å². The molecule has 0 atom stereocenters. The summed E-state index contributed by atoms with van der Waals surface area (Å²) in [5, 5.41) is 77.5. The van der Waals surface area contributed by atoms with Crippen LogP contribution in [-0.2, 0) is 63.4 Å². The molecule has 0 bridgehead atoms. The Labute approximate surface area is 347 Å². The molecule has 9 rings (SSSR count). The molecule has 0 amide bonds. The first-order valence-electron chi connectivity index (χ1n) is 15.8. The lowest BCUT2D eigenvalue weighted by Crippen LogP contribution is -1.85. The second kappa shape index (κ2) is 29.3. The number of aryl methyl sites for hydroxylation is 9. The molecule has 0 spiro atoms. The van der Waals surface area contributed by atoms with Gasteiger partial charge in [-0.1, -0.05) is 69.9 Å². The third-order valence-corrected chi connectivity index (χ3v) is 5.35. The Morgan fingerprint density at radius 2 is 0.800 bits per heavy atom. The summed E-state index contributed by atoms with van der Waals surface area (Å²) in [5.74, 6) is -1.08. The van der Waals surface area contributed by atoms with Crippen molar-refractivity contribution in [1.82, 2.24) is 145 Å². The molecule has 320 valence electrons. The average Bonchev–Trinajstić information content (AvgIpc) is 4.03. The van der Waals surface area contributed by atoms with E-state index in [1.807, 2.05) is 20.2 Å². The van der Waals surface area contributed by atoms with E-state index >= 15 is 0 Å². The molecule has 0 unspecified atom stereocenters. The molecule has 0 saturated heterocycles. The summed E-state index contributed by atoms with van der Waals surface area (Å²) in [6, 6.07) is 1.85. The van der Waals surface area contributed by atoms with Crippen LogP contribution in [0.15, 0.2) is 68.4 Å². The Hall–Kier alpha value is -7.95. The highest BCUT2D eigenvalue weighted by atomic mass is 35.5. The van der Waals surface area contributed by atoms with Crippen molar-refractivity contribution < 1.29 is 8.78 Å². The standard InChI is InChI=1S/C4H4N4.2C3H4ClN3.2C3H4FN3.2C3H5N3.2C2H4N4/c1-8-3-4(2-5)6-7-8;4*1-7-2-3(4)5-6-7;2*1-6-3-2-4-5-6;2*1-6-2-3-4-5-6/h3H,1H3;4*2H,1H3;2*2-3H,1H3;2*2H,1H3. The van der Waals surface area contributed by atoms with Crippen molar-refractivity contribution in [1.29, 1.82) is 5.26 Å². The van der Waals surface area contributed by atoms with Crippen molar-refractivity contribution in [3.05, 3.63) is 96.3 Å². The molecule has 0 N–H and O–H groups in total. The molecule has 30 nitrogen and oxygen atoms in total. The van der Waals surface area contributed by atoms with Gasteiger partial charge in [0.25, 0.3) is 11.9 Å². The third kappa shape index (κ3) is 26.8. The molecule has 9 aromatic rings. The maximum absolute atomic E-state index is 11.7. The smallest absolute Gasteiger partial charge is 0.252 e. The average molecular weight is 880 g/mol. The van der Waals surface area contributed by atoms with Crippen LogP contribution in [0.1, 0.15) is 5.69 Å². The SMILES string of the molecule is Cn1cc(C#N)nn1.Cn1cc(Cl)nn1.Cn1cc(Cl)nn1.Cn1cc(F)nn1.Cn1cc(F)nn1.Cn1ccnn1.Cn1ccnn1.Cn1cnnn1.Cn1cnnn1. The zero-order valence-corrected chi connectivity index (χ0v) is 34.8. The van der Waals surface area contributed by atoms with Crippen LogP contribution in [0.3, 0.4) is 0 Å². The molecule has 9 heterocycles. The van der Waals surface area contributed by atoms with Crippen molar-refractivity contribution >= 4 is 23.2 Å². The number of halogens is 4. The lowest BCUT2D eigenvalue weighted by Gasteiger charge is -1.74. The van der Waals surface area contributed by atoms with E-state index in [9.17, 15) is 8.78 Å². The monoisotopic (exact) mass is 878 g/mol. The quantitative estimate of drug-likeness (QED) is 0.169. The zero-order chi connectivity index (χ0) is 44.7. The summed E-state index contributed by atoms with van der Waals surface area (Å²) in [7, 11) is 15.6. The van der Waals surface area contributed by atoms with Crippen molar-refractivity contribution in [2.24, 2.45) is 63.4 Å². The molecule has 9 aromatic heterocycles. The second-order valence-corrected chi connectivity index (χ2v) is 11.1. The number of tetrazole rings is 2. The van der Waals surface area contributed by atoms with Crippen molar-refractivity contribution in [2.75, 3.05) is 0 Å². The van der Waals surface area contributed by atoms with Gasteiger partial charge in [-0.15, -0.1) is 35.7 Å². The van der Waals surface area contributed by atoms with E-state index in [1.165, 1.54) is 48.5 Å². The van der Waals surface area contributed by atoms with Gasteiger partial charge in [-0.2, -0.15) is 14.0 Å². The zero-order valence-electron chi connectivity index (χ0n) is 33.3. The number of aromatic nitrogens is 29. The van der Waals surface area contributed by atoms with Gasteiger partial charge in [-0.3, -0.25) is 32.8 Å². The highest BCUT2D eigenvalue weighted by molar-refractivity contribution is 6.29. The maximum atomic E-state index is 11.7. The minimum atomic E-state index is -0.539. The van der Waals surface area contributed by atoms with Crippen LogP contribution >= 0.6 is 23.2 Å².